The Morgan fingerprint density at radius 3 is 2.88 bits per heavy atom. The van der Waals surface area contributed by atoms with E-state index in [9.17, 15) is 4.79 Å². The quantitative estimate of drug-likeness (QED) is 0.855. The second-order valence-corrected chi connectivity index (χ2v) is 6.74. The first-order chi connectivity index (χ1) is 12.5. The minimum Gasteiger partial charge on any atom is -0.496 e. The predicted octanol–water partition coefficient (Wildman–Crippen LogP) is 1.95. The van der Waals surface area contributed by atoms with Gasteiger partial charge in [-0.05, 0) is 19.9 Å². The summed E-state index contributed by atoms with van der Waals surface area (Å²) in [5.74, 6) is 0.971. The van der Waals surface area contributed by atoms with E-state index in [1.807, 2.05) is 24.7 Å². The molecule has 0 bridgehead atoms. The molecule has 0 atom stereocenters. The van der Waals surface area contributed by atoms with Crippen LogP contribution in [-0.2, 0) is 31.0 Å². The number of carbonyl (C=O) groups excluding carboxylic acids is 1. The smallest absolute Gasteiger partial charge is 0.220 e. The van der Waals surface area contributed by atoms with E-state index in [1.54, 1.807) is 7.11 Å². The van der Waals surface area contributed by atoms with Crippen LogP contribution >= 0.6 is 0 Å². The van der Waals surface area contributed by atoms with Crippen LogP contribution in [0.15, 0.2) is 12.3 Å². The predicted molar refractivity (Wildman–Crippen MR) is 98.7 cm³/mol. The highest BCUT2D eigenvalue weighted by atomic mass is 16.5. The van der Waals surface area contributed by atoms with Crippen LogP contribution in [0.2, 0.25) is 0 Å². The van der Waals surface area contributed by atoms with Crippen molar-refractivity contribution < 1.29 is 9.53 Å². The molecule has 7 nitrogen and oxygen atoms in total. The SMILES string of the molecule is CCC(=O)NCc1cc2n(n1)CCN(Cc1ncc(C)c(OC)c1C)C2. The van der Waals surface area contributed by atoms with E-state index in [-0.39, 0.29) is 5.91 Å². The standard InChI is InChI=1S/C19H27N5O2/c1-5-18(25)21-10-15-8-16-11-23(6-7-24(16)22-15)12-17-14(3)19(26-4)13(2)9-20-17/h8-9H,5-7,10-12H2,1-4H3,(H,21,25). The van der Waals surface area contributed by atoms with Gasteiger partial charge < -0.3 is 10.1 Å². The van der Waals surface area contributed by atoms with Crippen molar-refractivity contribution in [3.05, 3.63) is 40.5 Å². The number of aromatic nitrogens is 3. The molecule has 7 heteroatoms. The third-order valence-electron chi connectivity index (χ3n) is 4.84. The molecule has 140 valence electrons. The first kappa shape index (κ1) is 18.4. The number of carbonyl (C=O) groups is 1. The van der Waals surface area contributed by atoms with Gasteiger partial charge in [-0.25, -0.2) is 0 Å². The Balaban J connectivity index is 1.67. The van der Waals surface area contributed by atoms with Gasteiger partial charge in [-0.3, -0.25) is 19.4 Å². The molecule has 3 rings (SSSR count). The van der Waals surface area contributed by atoms with Gasteiger partial charge >= 0.3 is 0 Å². The molecule has 1 aliphatic heterocycles. The zero-order valence-corrected chi connectivity index (χ0v) is 16.0. The average molecular weight is 357 g/mol. The Hall–Kier alpha value is -2.41. The summed E-state index contributed by atoms with van der Waals surface area (Å²) in [6.07, 6.45) is 2.37. The Bertz CT molecular complexity index is 799. The van der Waals surface area contributed by atoms with Gasteiger partial charge in [-0.1, -0.05) is 6.92 Å². The van der Waals surface area contributed by atoms with Crippen molar-refractivity contribution in [1.82, 2.24) is 25.0 Å². The number of nitrogens with zero attached hydrogens (tertiary/aromatic N) is 4. The minimum absolute atomic E-state index is 0.0486. The highest BCUT2D eigenvalue weighted by Gasteiger charge is 2.20. The van der Waals surface area contributed by atoms with Crippen LogP contribution in [0.1, 0.15) is 41.6 Å². The largest absolute Gasteiger partial charge is 0.496 e. The van der Waals surface area contributed by atoms with E-state index in [1.165, 1.54) is 5.69 Å². The second-order valence-electron chi connectivity index (χ2n) is 6.74. The number of pyridine rings is 1. The van der Waals surface area contributed by atoms with Crippen LogP contribution in [0.5, 0.6) is 5.75 Å². The van der Waals surface area contributed by atoms with Crippen molar-refractivity contribution in [2.45, 2.75) is 53.4 Å². The summed E-state index contributed by atoms with van der Waals surface area (Å²) in [6.45, 7) is 9.80. The molecule has 0 aromatic carbocycles. The van der Waals surface area contributed by atoms with Gasteiger partial charge in [-0.15, -0.1) is 0 Å². The zero-order valence-electron chi connectivity index (χ0n) is 16.0. The van der Waals surface area contributed by atoms with Crippen molar-refractivity contribution in [1.29, 1.82) is 0 Å². The molecule has 1 amide bonds. The molecule has 26 heavy (non-hydrogen) atoms. The molecular formula is C19H27N5O2. The van der Waals surface area contributed by atoms with Crippen LogP contribution in [0.3, 0.4) is 0 Å². The number of aryl methyl sites for hydroxylation is 1. The van der Waals surface area contributed by atoms with Gasteiger partial charge in [0.2, 0.25) is 5.91 Å². The lowest BCUT2D eigenvalue weighted by atomic mass is 10.1. The van der Waals surface area contributed by atoms with Crippen LogP contribution in [0.25, 0.3) is 0 Å². The van der Waals surface area contributed by atoms with E-state index < -0.39 is 0 Å². The number of hydrogen-bond donors (Lipinski definition) is 1. The Kier molecular flexibility index (Phi) is 5.56. The fraction of sp³-hybridized carbons (Fsp3) is 0.526. The number of methoxy groups -OCH3 is 1. The van der Waals surface area contributed by atoms with E-state index in [0.29, 0.717) is 13.0 Å². The highest BCUT2D eigenvalue weighted by molar-refractivity contribution is 5.75. The van der Waals surface area contributed by atoms with E-state index in [4.69, 9.17) is 4.74 Å². The molecule has 0 spiro atoms. The van der Waals surface area contributed by atoms with E-state index >= 15 is 0 Å². The molecule has 1 aliphatic rings. The lowest BCUT2D eigenvalue weighted by molar-refractivity contribution is -0.120. The molecule has 0 saturated carbocycles. The highest BCUT2D eigenvalue weighted by Crippen LogP contribution is 2.25. The summed E-state index contributed by atoms with van der Waals surface area (Å²) in [6, 6.07) is 2.08. The van der Waals surface area contributed by atoms with Crippen molar-refractivity contribution in [3.8, 4) is 5.75 Å². The number of amides is 1. The molecule has 0 radical (unpaired) electrons. The first-order valence-electron chi connectivity index (χ1n) is 9.05. The lowest BCUT2D eigenvalue weighted by Crippen LogP contribution is -2.33. The molecule has 0 fully saturated rings. The van der Waals surface area contributed by atoms with Gasteiger partial charge in [0, 0.05) is 43.4 Å². The summed E-state index contributed by atoms with van der Waals surface area (Å²) in [5.41, 5.74) is 5.30. The molecule has 0 aliphatic carbocycles. The Morgan fingerprint density at radius 2 is 2.15 bits per heavy atom. The fourth-order valence-electron chi connectivity index (χ4n) is 3.36. The fourth-order valence-corrected chi connectivity index (χ4v) is 3.36. The Labute approximate surface area is 154 Å². The third-order valence-corrected chi connectivity index (χ3v) is 4.84. The van der Waals surface area contributed by atoms with Crippen LogP contribution < -0.4 is 10.1 Å². The summed E-state index contributed by atoms with van der Waals surface area (Å²) in [4.78, 5) is 18.4. The second kappa shape index (κ2) is 7.86. The van der Waals surface area contributed by atoms with Gasteiger partial charge in [-0.2, -0.15) is 5.10 Å². The van der Waals surface area contributed by atoms with Crippen LogP contribution in [-0.4, -0.2) is 39.2 Å². The van der Waals surface area contributed by atoms with Gasteiger partial charge in [0.15, 0.2) is 0 Å². The number of nitrogens with one attached hydrogen (secondary N) is 1. The number of rotatable bonds is 6. The summed E-state index contributed by atoms with van der Waals surface area (Å²) < 4.78 is 7.56. The molecule has 2 aromatic heterocycles. The summed E-state index contributed by atoms with van der Waals surface area (Å²) in [7, 11) is 1.71. The molecule has 1 N–H and O–H groups in total. The molecule has 2 aromatic rings. The average Bonchev–Trinajstić information content (AvgIpc) is 3.04. The van der Waals surface area contributed by atoms with Crippen LogP contribution in [0, 0.1) is 13.8 Å². The summed E-state index contributed by atoms with van der Waals surface area (Å²) >= 11 is 0. The normalized spacial score (nSPS) is 14.2. The monoisotopic (exact) mass is 357 g/mol. The zero-order chi connectivity index (χ0) is 18.7. The topological polar surface area (TPSA) is 72.3 Å². The Morgan fingerprint density at radius 1 is 1.35 bits per heavy atom. The maximum absolute atomic E-state index is 11.4. The van der Waals surface area contributed by atoms with Gasteiger partial charge in [0.1, 0.15) is 5.75 Å². The van der Waals surface area contributed by atoms with Crippen molar-refractivity contribution in [2.75, 3.05) is 13.7 Å². The number of hydrogen-bond acceptors (Lipinski definition) is 5. The minimum atomic E-state index is 0.0486. The molecular weight excluding hydrogens is 330 g/mol. The first-order valence-corrected chi connectivity index (χ1v) is 9.05. The van der Waals surface area contributed by atoms with Gasteiger partial charge in [0.05, 0.1) is 37.3 Å². The lowest BCUT2D eigenvalue weighted by Gasteiger charge is -2.28. The van der Waals surface area contributed by atoms with Gasteiger partial charge in [0.25, 0.3) is 0 Å². The van der Waals surface area contributed by atoms with Crippen LogP contribution in [0.4, 0.5) is 0 Å². The maximum atomic E-state index is 11.4. The third kappa shape index (κ3) is 3.88. The van der Waals surface area contributed by atoms with E-state index in [0.717, 1.165) is 54.4 Å². The maximum Gasteiger partial charge on any atom is 0.220 e. The summed E-state index contributed by atoms with van der Waals surface area (Å²) in [5, 5.41) is 7.48. The van der Waals surface area contributed by atoms with Crippen molar-refractivity contribution >= 4 is 5.91 Å². The van der Waals surface area contributed by atoms with E-state index in [2.05, 4.69) is 33.3 Å². The van der Waals surface area contributed by atoms with Crippen molar-refractivity contribution in [3.63, 3.8) is 0 Å². The molecule has 3 heterocycles. The number of ether oxygens (including phenoxy) is 1. The molecule has 0 saturated heterocycles. The number of fused-ring (bicyclic) bond motifs is 1. The van der Waals surface area contributed by atoms with Crippen molar-refractivity contribution in [2.24, 2.45) is 0 Å². The molecule has 0 unspecified atom stereocenters.